The standard InChI is InChI=1S/C24H27FN2O3/c1-24(2,3)14-20(17-8-10-19(25)11-9-17)26-23(30)18-6-4-16(5-7-18)15-27-21(28)12-13-22(27)29/h4-11,20H,12-15H2,1-3H3,(H,26,30)/t20-/m0/s1. The molecule has 2 aromatic rings. The predicted molar refractivity (Wildman–Crippen MR) is 112 cm³/mol. The van der Waals surface area contributed by atoms with Gasteiger partial charge in [-0.15, -0.1) is 0 Å². The molecule has 30 heavy (non-hydrogen) atoms. The predicted octanol–water partition coefficient (Wildman–Crippen LogP) is 4.38. The monoisotopic (exact) mass is 410 g/mol. The number of rotatable bonds is 6. The van der Waals surface area contributed by atoms with Crippen LogP contribution in [0.25, 0.3) is 0 Å². The van der Waals surface area contributed by atoms with Crippen LogP contribution in [0.2, 0.25) is 0 Å². The zero-order valence-corrected chi connectivity index (χ0v) is 17.6. The van der Waals surface area contributed by atoms with E-state index >= 15 is 0 Å². The highest BCUT2D eigenvalue weighted by Gasteiger charge is 2.28. The zero-order chi connectivity index (χ0) is 21.9. The Balaban J connectivity index is 1.71. The fourth-order valence-electron chi connectivity index (χ4n) is 3.54. The van der Waals surface area contributed by atoms with Gasteiger partial charge in [-0.1, -0.05) is 45.0 Å². The first kappa shape index (κ1) is 21.7. The molecule has 1 aliphatic rings. The average Bonchev–Trinajstić information content (AvgIpc) is 2.99. The van der Waals surface area contributed by atoms with Crippen LogP contribution < -0.4 is 5.32 Å². The van der Waals surface area contributed by atoms with E-state index in [0.29, 0.717) is 12.0 Å². The molecule has 0 unspecified atom stereocenters. The lowest BCUT2D eigenvalue weighted by atomic mass is 9.85. The van der Waals surface area contributed by atoms with Crippen molar-refractivity contribution in [1.82, 2.24) is 10.2 Å². The van der Waals surface area contributed by atoms with E-state index in [0.717, 1.165) is 11.1 Å². The van der Waals surface area contributed by atoms with Gasteiger partial charge in [-0.2, -0.15) is 0 Å². The van der Waals surface area contributed by atoms with E-state index in [1.54, 1.807) is 36.4 Å². The van der Waals surface area contributed by atoms with E-state index in [9.17, 15) is 18.8 Å². The van der Waals surface area contributed by atoms with Crippen LogP contribution in [-0.2, 0) is 16.1 Å². The summed E-state index contributed by atoms with van der Waals surface area (Å²) in [6, 6.07) is 12.8. The van der Waals surface area contributed by atoms with E-state index in [1.807, 2.05) is 0 Å². The highest BCUT2D eigenvalue weighted by Crippen LogP contribution is 2.30. The quantitative estimate of drug-likeness (QED) is 0.719. The molecule has 0 radical (unpaired) electrons. The van der Waals surface area contributed by atoms with Crippen molar-refractivity contribution in [2.75, 3.05) is 0 Å². The van der Waals surface area contributed by atoms with Crippen molar-refractivity contribution >= 4 is 17.7 Å². The van der Waals surface area contributed by atoms with Crippen LogP contribution in [0, 0.1) is 11.2 Å². The number of amides is 3. The Bertz CT molecular complexity index is 914. The molecule has 6 heteroatoms. The molecule has 1 heterocycles. The molecule has 0 saturated carbocycles. The summed E-state index contributed by atoms with van der Waals surface area (Å²) in [5, 5.41) is 3.05. The summed E-state index contributed by atoms with van der Waals surface area (Å²) in [6.07, 6.45) is 1.22. The molecule has 3 amide bonds. The molecule has 158 valence electrons. The molecular weight excluding hydrogens is 383 g/mol. The maximum absolute atomic E-state index is 13.3. The number of benzene rings is 2. The van der Waals surface area contributed by atoms with Crippen LogP contribution in [0.4, 0.5) is 4.39 Å². The topological polar surface area (TPSA) is 66.5 Å². The van der Waals surface area contributed by atoms with Gasteiger partial charge in [-0.3, -0.25) is 19.3 Å². The third-order valence-electron chi connectivity index (χ3n) is 5.11. The SMILES string of the molecule is CC(C)(C)C[C@H](NC(=O)c1ccc(CN2C(=O)CCC2=O)cc1)c1ccc(F)cc1. The Labute approximate surface area is 176 Å². The number of likely N-dealkylation sites (tertiary alicyclic amines) is 1. The molecule has 0 bridgehead atoms. The fraction of sp³-hybridized carbons (Fsp3) is 0.375. The highest BCUT2D eigenvalue weighted by atomic mass is 19.1. The molecule has 3 rings (SSSR count). The van der Waals surface area contributed by atoms with Gasteiger partial charge in [0.25, 0.3) is 5.91 Å². The summed E-state index contributed by atoms with van der Waals surface area (Å²) in [7, 11) is 0. The number of nitrogens with zero attached hydrogens (tertiary/aromatic N) is 1. The molecule has 0 aliphatic carbocycles. The number of hydrogen-bond donors (Lipinski definition) is 1. The van der Waals surface area contributed by atoms with Crippen molar-refractivity contribution in [3.05, 3.63) is 71.0 Å². The Morgan fingerprint density at radius 3 is 2.10 bits per heavy atom. The van der Waals surface area contributed by atoms with Crippen LogP contribution in [-0.4, -0.2) is 22.6 Å². The second-order valence-corrected chi connectivity index (χ2v) is 8.91. The van der Waals surface area contributed by atoms with Crippen LogP contribution in [0.1, 0.15) is 67.6 Å². The first-order valence-electron chi connectivity index (χ1n) is 10.1. The minimum atomic E-state index is -0.315. The van der Waals surface area contributed by atoms with Gasteiger partial charge < -0.3 is 5.32 Å². The van der Waals surface area contributed by atoms with Gasteiger partial charge in [-0.25, -0.2) is 4.39 Å². The van der Waals surface area contributed by atoms with E-state index in [2.05, 4.69) is 26.1 Å². The summed E-state index contributed by atoms with van der Waals surface area (Å²) < 4.78 is 13.3. The molecule has 0 spiro atoms. The van der Waals surface area contributed by atoms with E-state index in [1.165, 1.54) is 17.0 Å². The van der Waals surface area contributed by atoms with Gasteiger partial charge in [0.15, 0.2) is 0 Å². The summed E-state index contributed by atoms with van der Waals surface area (Å²) >= 11 is 0. The number of halogens is 1. The summed E-state index contributed by atoms with van der Waals surface area (Å²) in [6.45, 7) is 6.49. The van der Waals surface area contributed by atoms with Crippen molar-refractivity contribution in [1.29, 1.82) is 0 Å². The van der Waals surface area contributed by atoms with Gasteiger partial charge in [0, 0.05) is 18.4 Å². The molecule has 2 aromatic carbocycles. The molecular formula is C24H27FN2O3. The maximum atomic E-state index is 13.3. The minimum Gasteiger partial charge on any atom is -0.345 e. The zero-order valence-electron chi connectivity index (χ0n) is 17.6. The summed E-state index contributed by atoms with van der Waals surface area (Å²) in [4.78, 5) is 37.6. The highest BCUT2D eigenvalue weighted by molar-refractivity contribution is 6.01. The van der Waals surface area contributed by atoms with Gasteiger partial charge in [0.1, 0.15) is 5.82 Å². The van der Waals surface area contributed by atoms with Gasteiger partial charge in [0.05, 0.1) is 12.6 Å². The Hall–Kier alpha value is -3.02. The molecule has 0 aromatic heterocycles. The smallest absolute Gasteiger partial charge is 0.251 e. The average molecular weight is 410 g/mol. The van der Waals surface area contributed by atoms with E-state index in [-0.39, 0.29) is 54.4 Å². The molecule has 1 atom stereocenters. The van der Waals surface area contributed by atoms with Crippen molar-refractivity contribution in [2.45, 2.75) is 52.6 Å². The van der Waals surface area contributed by atoms with Crippen molar-refractivity contribution in [3.63, 3.8) is 0 Å². The second-order valence-electron chi connectivity index (χ2n) is 8.91. The van der Waals surface area contributed by atoms with Crippen LogP contribution in [0.3, 0.4) is 0 Å². The van der Waals surface area contributed by atoms with Crippen molar-refractivity contribution < 1.29 is 18.8 Å². The van der Waals surface area contributed by atoms with Crippen LogP contribution >= 0.6 is 0 Å². The molecule has 1 aliphatic heterocycles. The lowest BCUT2D eigenvalue weighted by Gasteiger charge is -2.27. The number of nitrogens with one attached hydrogen (secondary N) is 1. The van der Waals surface area contributed by atoms with Crippen molar-refractivity contribution in [2.24, 2.45) is 5.41 Å². The van der Waals surface area contributed by atoms with Gasteiger partial charge in [0.2, 0.25) is 11.8 Å². The Kier molecular flexibility index (Phi) is 6.34. The summed E-state index contributed by atoms with van der Waals surface area (Å²) in [5.41, 5.74) is 2.09. The van der Waals surface area contributed by atoms with Gasteiger partial charge >= 0.3 is 0 Å². The first-order chi connectivity index (χ1) is 14.1. The number of hydrogen-bond acceptors (Lipinski definition) is 3. The fourth-order valence-corrected chi connectivity index (χ4v) is 3.54. The summed E-state index contributed by atoms with van der Waals surface area (Å²) in [5.74, 6) is -0.865. The van der Waals surface area contributed by atoms with Gasteiger partial charge in [-0.05, 0) is 47.2 Å². The largest absolute Gasteiger partial charge is 0.345 e. The van der Waals surface area contributed by atoms with E-state index < -0.39 is 0 Å². The normalized spacial score (nSPS) is 15.4. The van der Waals surface area contributed by atoms with E-state index in [4.69, 9.17) is 0 Å². The van der Waals surface area contributed by atoms with Crippen LogP contribution in [0.15, 0.2) is 48.5 Å². The maximum Gasteiger partial charge on any atom is 0.251 e. The Morgan fingerprint density at radius 1 is 1.00 bits per heavy atom. The number of imide groups is 1. The second kappa shape index (κ2) is 8.78. The number of carbonyl (C=O) groups excluding carboxylic acids is 3. The third kappa shape index (κ3) is 5.53. The molecule has 5 nitrogen and oxygen atoms in total. The third-order valence-corrected chi connectivity index (χ3v) is 5.11. The first-order valence-corrected chi connectivity index (χ1v) is 10.1. The Morgan fingerprint density at radius 2 is 1.57 bits per heavy atom. The molecule has 1 saturated heterocycles. The lowest BCUT2D eigenvalue weighted by molar-refractivity contribution is -0.139. The minimum absolute atomic E-state index is 0.0367. The van der Waals surface area contributed by atoms with Crippen LogP contribution in [0.5, 0.6) is 0 Å². The number of carbonyl (C=O) groups is 3. The lowest BCUT2D eigenvalue weighted by Crippen LogP contribution is -2.31. The molecule has 1 fully saturated rings. The molecule has 1 N–H and O–H groups in total. The van der Waals surface area contributed by atoms with Crippen molar-refractivity contribution in [3.8, 4) is 0 Å².